The molecule has 50 valence electrons. The van der Waals surface area contributed by atoms with Gasteiger partial charge < -0.3 is 5.11 Å². The monoisotopic (exact) mass is 130 g/mol. The maximum Gasteiger partial charge on any atom is 0.252 e. The fourth-order valence-electron chi connectivity index (χ4n) is 0.548. The zero-order valence-electron chi connectivity index (χ0n) is 4.80. The van der Waals surface area contributed by atoms with E-state index < -0.39 is 4.76 Å². The van der Waals surface area contributed by atoms with Gasteiger partial charge in [0.2, 0.25) is 0 Å². The number of hydroxylamine groups is 2. The predicted octanol–water partition coefficient (Wildman–Crippen LogP) is -0.830. The van der Waals surface area contributed by atoms with E-state index >= 15 is 0 Å². The maximum absolute atomic E-state index is 9.12. The number of aliphatic hydroxyl groups excluding tert-OH is 1. The Hall–Kier alpha value is -0.780. The van der Waals surface area contributed by atoms with E-state index in [0.717, 1.165) is 0 Å². The first-order valence-corrected chi connectivity index (χ1v) is 2.57. The average Bonchev–Trinajstić information content (AvgIpc) is 2.16. The molecule has 0 aromatic rings. The summed E-state index contributed by atoms with van der Waals surface area (Å²) in [7, 11) is 0. The number of hydrogen-bond acceptors (Lipinski definition) is 4. The minimum atomic E-state index is -0.628. The first kappa shape index (κ1) is 6.34. The molecule has 1 atom stereocenters. The zero-order chi connectivity index (χ0) is 6.74. The second-order valence-corrected chi connectivity index (χ2v) is 1.73. The summed E-state index contributed by atoms with van der Waals surface area (Å²) >= 11 is 0. The molecule has 5 heteroatoms. The summed E-state index contributed by atoms with van der Waals surface area (Å²) in [4.78, 5) is 3.55. The molecule has 1 aliphatic heterocycles. The number of hydrogen-bond donors (Lipinski definition) is 2. The van der Waals surface area contributed by atoms with Gasteiger partial charge >= 0.3 is 0 Å². The molecule has 5 nitrogen and oxygen atoms in total. The fourth-order valence-corrected chi connectivity index (χ4v) is 0.548. The van der Waals surface area contributed by atoms with Crippen LogP contribution >= 0.6 is 0 Å². The van der Waals surface area contributed by atoms with Crippen LogP contribution in [0.3, 0.4) is 0 Å². The van der Waals surface area contributed by atoms with Gasteiger partial charge in [0, 0.05) is 0 Å². The zero-order valence-corrected chi connectivity index (χ0v) is 4.80. The largest absolute Gasteiger partial charge is 0.390 e. The van der Waals surface area contributed by atoms with Crippen LogP contribution in [0.15, 0.2) is 10.1 Å². The van der Waals surface area contributed by atoms with Crippen LogP contribution in [0.25, 0.3) is 0 Å². The van der Waals surface area contributed by atoms with Crippen molar-refractivity contribution >= 4 is 12.7 Å². The molecule has 1 unspecified atom stereocenters. The first-order valence-electron chi connectivity index (χ1n) is 2.57. The highest BCUT2D eigenvalue weighted by atomic mass is 16.6. The summed E-state index contributed by atoms with van der Waals surface area (Å²) in [5.74, 6) is 0. The third-order valence-electron chi connectivity index (χ3n) is 0.999. The highest BCUT2D eigenvalue weighted by Gasteiger charge is 2.24. The van der Waals surface area contributed by atoms with Gasteiger partial charge in [-0.3, -0.25) is 0 Å². The molecule has 0 bridgehead atoms. The first-order chi connectivity index (χ1) is 4.27. The Morgan fingerprint density at radius 3 is 2.78 bits per heavy atom. The van der Waals surface area contributed by atoms with Crippen molar-refractivity contribution in [3.05, 3.63) is 0 Å². The number of quaternary nitrogens is 1. The van der Waals surface area contributed by atoms with Crippen molar-refractivity contribution in [2.75, 3.05) is 13.2 Å². The Morgan fingerprint density at radius 1 is 1.56 bits per heavy atom. The van der Waals surface area contributed by atoms with Crippen molar-refractivity contribution in [3.8, 4) is 0 Å². The average molecular weight is 130 g/mol. The van der Waals surface area contributed by atoms with E-state index in [4.69, 9.17) is 10.3 Å². The number of rotatable bonds is 2. The van der Waals surface area contributed by atoms with Gasteiger partial charge in [-0.05, 0) is 9.86 Å². The second kappa shape index (κ2) is 2.22. The lowest BCUT2D eigenvalue weighted by Crippen LogP contribution is -2.38. The van der Waals surface area contributed by atoms with Crippen molar-refractivity contribution in [2.45, 2.75) is 0 Å². The number of aliphatic imine (C=N–C) groups is 1. The van der Waals surface area contributed by atoms with Gasteiger partial charge in [0.15, 0.2) is 12.9 Å². The van der Waals surface area contributed by atoms with Crippen LogP contribution in [0.2, 0.25) is 0 Å². The van der Waals surface area contributed by atoms with Gasteiger partial charge in [0.05, 0.1) is 6.61 Å². The SMILES string of the molecule is OCC[N+]1(O)C=NC=N1. The van der Waals surface area contributed by atoms with Gasteiger partial charge in [0.25, 0.3) is 6.34 Å². The third-order valence-corrected chi connectivity index (χ3v) is 0.999. The van der Waals surface area contributed by atoms with E-state index in [1.54, 1.807) is 0 Å². The molecular formula is C4H8N3O2+. The summed E-state index contributed by atoms with van der Waals surface area (Å²) in [6.07, 6.45) is 2.49. The Labute approximate surface area is 52.1 Å². The Balaban J connectivity index is 2.53. The lowest BCUT2D eigenvalue weighted by molar-refractivity contribution is -1.03. The van der Waals surface area contributed by atoms with Gasteiger partial charge in [-0.2, -0.15) is 10.2 Å². The van der Waals surface area contributed by atoms with E-state index in [-0.39, 0.29) is 13.2 Å². The highest BCUT2D eigenvalue weighted by molar-refractivity contribution is 5.70. The molecule has 1 heterocycles. The Morgan fingerprint density at radius 2 is 2.33 bits per heavy atom. The predicted molar refractivity (Wildman–Crippen MR) is 31.0 cm³/mol. The molecule has 0 radical (unpaired) electrons. The molecule has 1 aliphatic rings. The number of nitrogens with zero attached hydrogens (tertiary/aromatic N) is 3. The molecule has 2 N–H and O–H groups in total. The fraction of sp³-hybridized carbons (Fsp3) is 0.500. The van der Waals surface area contributed by atoms with E-state index in [9.17, 15) is 0 Å². The van der Waals surface area contributed by atoms with Crippen molar-refractivity contribution in [2.24, 2.45) is 10.1 Å². The van der Waals surface area contributed by atoms with Gasteiger partial charge in [-0.15, -0.1) is 0 Å². The van der Waals surface area contributed by atoms with Crippen LogP contribution in [0, 0.1) is 0 Å². The normalized spacial score (nSPS) is 31.8. The quantitative estimate of drug-likeness (QED) is 0.479. The second-order valence-electron chi connectivity index (χ2n) is 1.73. The molecule has 0 aromatic carbocycles. The van der Waals surface area contributed by atoms with Crippen LogP contribution in [0.4, 0.5) is 0 Å². The molecule has 1 rings (SSSR count). The molecule has 0 spiro atoms. The third kappa shape index (κ3) is 1.32. The summed E-state index contributed by atoms with van der Waals surface area (Å²) in [6, 6.07) is 0. The highest BCUT2D eigenvalue weighted by Crippen LogP contribution is 2.01. The standard InChI is InChI=1S/C4H8N3O2/c8-2-1-7(9)4-5-3-6-7/h3-4,8-9H,1-2H2/q+1. The lowest BCUT2D eigenvalue weighted by atomic mass is 10.7. The molecule has 0 saturated heterocycles. The van der Waals surface area contributed by atoms with Crippen LogP contribution in [-0.4, -0.2) is 40.9 Å². The Kier molecular flexibility index (Phi) is 1.56. The van der Waals surface area contributed by atoms with Crippen LogP contribution in [0.5, 0.6) is 0 Å². The topological polar surface area (TPSA) is 65.2 Å². The minimum absolute atomic E-state index is 0.111. The molecule has 0 aromatic heterocycles. The summed E-state index contributed by atoms with van der Waals surface area (Å²) < 4.78 is -0.628. The van der Waals surface area contributed by atoms with Crippen molar-refractivity contribution < 1.29 is 15.1 Å². The lowest BCUT2D eigenvalue weighted by Gasteiger charge is -2.11. The molecule has 0 amide bonds. The van der Waals surface area contributed by atoms with E-state index in [1.165, 1.54) is 12.7 Å². The van der Waals surface area contributed by atoms with Crippen molar-refractivity contribution in [1.82, 2.24) is 0 Å². The minimum Gasteiger partial charge on any atom is -0.390 e. The smallest absolute Gasteiger partial charge is 0.252 e. The van der Waals surface area contributed by atoms with Crippen LogP contribution in [-0.2, 0) is 0 Å². The van der Waals surface area contributed by atoms with Gasteiger partial charge in [-0.25, -0.2) is 0 Å². The van der Waals surface area contributed by atoms with Crippen molar-refractivity contribution in [1.29, 1.82) is 0 Å². The Bertz CT molecular complexity index is 142. The number of aliphatic hydroxyl groups is 1. The van der Waals surface area contributed by atoms with Crippen LogP contribution < -0.4 is 0 Å². The van der Waals surface area contributed by atoms with E-state index in [2.05, 4.69) is 10.1 Å². The summed E-state index contributed by atoms with van der Waals surface area (Å²) in [5.41, 5.74) is 0. The molecule has 0 aliphatic carbocycles. The van der Waals surface area contributed by atoms with E-state index in [1.807, 2.05) is 0 Å². The summed E-state index contributed by atoms with van der Waals surface area (Å²) in [6.45, 7) is 0.0415. The molecule has 9 heavy (non-hydrogen) atoms. The van der Waals surface area contributed by atoms with Crippen LogP contribution in [0.1, 0.15) is 0 Å². The molecular weight excluding hydrogens is 122 g/mol. The van der Waals surface area contributed by atoms with Gasteiger partial charge in [0.1, 0.15) is 0 Å². The van der Waals surface area contributed by atoms with E-state index in [0.29, 0.717) is 0 Å². The molecule has 0 fully saturated rings. The van der Waals surface area contributed by atoms with Gasteiger partial charge in [-0.1, -0.05) is 0 Å². The van der Waals surface area contributed by atoms with Crippen molar-refractivity contribution in [3.63, 3.8) is 0 Å². The summed E-state index contributed by atoms with van der Waals surface area (Å²) in [5, 5.41) is 21.0. The molecule has 0 saturated carbocycles. The maximum atomic E-state index is 9.12.